The molecule has 3 aromatic rings. The van der Waals surface area contributed by atoms with Crippen LogP contribution in [0.1, 0.15) is 17.9 Å². The van der Waals surface area contributed by atoms with Crippen molar-refractivity contribution in [1.29, 1.82) is 0 Å². The number of ether oxygens (including phenoxy) is 1. The third kappa shape index (κ3) is 3.37. The molecule has 5 rings (SSSR count). The second-order valence-corrected chi connectivity index (χ2v) is 8.18. The van der Waals surface area contributed by atoms with Gasteiger partial charge in [-0.15, -0.1) is 0 Å². The first-order valence-electron chi connectivity index (χ1n) is 10.2. The average Bonchev–Trinajstić information content (AvgIpc) is 3.14. The molecule has 2 saturated heterocycles. The van der Waals surface area contributed by atoms with Crippen LogP contribution in [0, 0.1) is 0 Å². The fraction of sp³-hybridized carbons (Fsp3) is 0.476. The summed E-state index contributed by atoms with van der Waals surface area (Å²) in [5.41, 5.74) is 1.85. The fourth-order valence-electron chi connectivity index (χ4n) is 4.29. The summed E-state index contributed by atoms with van der Waals surface area (Å²) in [4.78, 5) is 12.9. The van der Waals surface area contributed by atoms with Gasteiger partial charge < -0.3 is 19.6 Å². The number of hydrogen-bond donors (Lipinski definition) is 1. The van der Waals surface area contributed by atoms with E-state index < -0.39 is 6.17 Å². The van der Waals surface area contributed by atoms with Crippen LogP contribution in [0.25, 0.3) is 16.7 Å². The van der Waals surface area contributed by atoms with Crippen LogP contribution < -0.4 is 9.64 Å². The van der Waals surface area contributed by atoms with E-state index in [0.29, 0.717) is 31.3 Å². The lowest BCUT2D eigenvalue weighted by molar-refractivity contribution is 0.139. The first kappa shape index (κ1) is 19.2. The molecule has 2 atom stereocenters. The molecule has 8 nitrogen and oxygen atoms in total. The summed E-state index contributed by atoms with van der Waals surface area (Å²) in [6.45, 7) is 2.39. The van der Waals surface area contributed by atoms with Crippen molar-refractivity contribution < 1.29 is 14.2 Å². The quantitative estimate of drug-likeness (QED) is 0.700. The van der Waals surface area contributed by atoms with Gasteiger partial charge in [-0.25, -0.2) is 9.07 Å². The number of nitrogens with zero attached hydrogens (tertiary/aromatic N) is 6. The molecule has 1 N–H and O–H groups in total. The van der Waals surface area contributed by atoms with Crippen molar-refractivity contribution in [3.05, 3.63) is 36.0 Å². The van der Waals surface area contributed by atoms with Crippen LogP contribution in [0.2, 0.25) is 0 Å². The Morgan fingerprint density at radius 1 is 1.13 bits per heavy atom. The van der Waals surface area contributed by atoms with Crippen LogP contribution in [0.3, 0.4) is 0 Å². The smallest absolute Gasteiger partial charge is 0.320 e. The van der Waals surface area contributed by atoms with Gasteiger partial charge in [-0.3, -0.25) is 0 Å². The van der Waals surface area contributed by atoms with E-state index in [2.05, 4.69) is 15.1 Å². The normalized spacial score (nSPS) is 23.0. The zero-order valence-electron chi connectivity index (χ0n) is 17.1. The molecule has 0 amide bonds. The number of likely N-dealkylation sites (tertiary alicyclic amines) is 1. The number of hydrogen-bond acceptors (Lipinski definition) is 7. The maximum absolute atomic E-state index is 14.7. The zero-order valence-corrected chi connectivity index (χ0v) is 17.1. The van der Waals surface area contributed by atoms with E-state index >= 15 is 0 Å². The molecule has 2 unspecified atom stereocenters. The molecule has 0 saturated carbocycles. The van der Waals surface area contributed by atoms with E-state index in [4.69, 9.17) is 4.74 Å². The van der Waals surface area contributed by atoms with Gasteiger partial charge in [0.2, 0.25) is 0 Å². The Bertz CT molecular complexity index is 1070. The lowest BCUT2D eigenvalue weighted by atomic mass is 9.88. The Morgan fingerprint density at radius 2 is 1.93 bits per heavy atom. The second-order valence-electron chi connectivity index (χ2n) is 8.18. The number of piperidine rings is 1. The second kappa shape index (κ2) is 7.48. The first-order chi connectivity index (χ1) is 14.5. The van der Waals surface area contributed by atoms with Gasteiger partial charge in [-0.05, 0) is 31.6 Å². The lowest BCUT2D eigenvalue weighted by Crippen LogP contribution is -2.51. The van der Waals surface area contributed by atoms with Gasteiger partial charge in [-0.2, -0.15) is 15.1 Å². The molecule has 0 radical (unpaired) electrons. The molecule has 0 bridgehead atoms. The third-order valence-electron chi connectivity index (χ3n) is 6.03. The predicted octanol–water partition coefficient (Wildman–Crippen LogP) is 1.76. The van der Waals surface area contributed by atoms with Crippen LogP contribution >= 0.6 is 0 Å². The van der Waals surface area contributed by atoms with Crippen molar-refractivity contribution in [2.75, 3.05) is 45.2 Å². The number of benzene rings is 1. The zero-order chi connectivity index (χ0) is 20.8. The minimum absolute atomic E-state index is 0.118. The standard InChI is InChI=1S/C21H25FN6O2/c1-26-6-5-16(17(22)12-26)13-3-4-14-9-23-28(18(14)7-13)20-8-19(24-21(25-20)30-2)27-10-15(29)11-27/h3-4,7-9,15-17,29H,5-6,10-12H2,1-2H3. The number of aliphatic hydroxyl groups excluding tert-OH is 1. The van der Waals surface area contributed by atoms with Crippen LogP contribution in [0.5, 0.6) is 6.01 Å². The predicted molar refractivity (Wildman–Crippen MR) is 111 cm³/mol. The molecule has 4 heterocycles. The highest BCUT2D eigenvalue weighted by Gasteiger charge is 2.30. The summed E-state index contributed by atoms with van der Waals surface area (Å²) in [5.74, 6) is 1.14. The van der Waals surface area contributed by atoms with Crippen LogP contribution in [-0.4, -0.2) is 82.4 Å². The molecule has 0 spiro atoms. The van der Waals surface area contributed by atoms with E-state index in [1.54, 1.807) is 10.9 Å². The number of rotatable bonds is 4. The van der Waals surface area contributed by atoms with Gasteiger partial charge in [0.25, 0.3) is 0 Å². The van der Waals surface area contributed by atoms with Gasteiger partial charge in [0.05, 0.1) is 24.9 Å². The molecule has 2 aliphatic heterocycles. The van der Waals surface area contributed by atoms with Gasteiger partial charge >= 0.3 is 6.01 Å². The lowest BCUT2D eigenvalue weighted by Gasteiger charge is -2.36. The van der Waals surface area contributed by atoms with Gasteiger partial charge in [0.15, 0.2) is 5.82 Å². The summed E-state index contributed by atoms with van der Waals surface area (Å²) in [6.07, 6.45) is 1.34. The number of β-amino-alcohol motifs (C(OH)–C–C–N with tert-alkyl or cyclic N) is 1. The molecular weight excluding hydrogens is 387 g/mol. The number of aliphatic hydroxyl groups is 1. The molecular formula is C21H25FN6O2. The Kier molecular flexibility index (Phi) is 4.79. The molecule has 1 aromatic carbocycles. The van der Waals surface area contributed by atoms with Gasteiger partial charge in [0.1, 0.15) is 12.0 Å². The number of anilines is 1. The SMILES string of the molecule is COc1nc(N2CC(O)C2)cc(-n2ncc3ccc(C4CCN(C)CC4F)cc32)n1. The highest BCUT2D eigenvalue weighted by molar-refractivity contribution is 5.81. The van der Waals surface area contributed by atoms with E-state index in [0.717, 1.165) is 29.4 Å². The molecule has 30 heavy (non-hydrogen) atoms. The highest BCUT2D eigenvalue weighted by Crippen LogP contribution is 2.33. The van der Waals surface area contributed by atoms with Crippen molar-refractivity contribution in [1.82, 2.24) is 24.6 Å². The van der Waals surface area contributed by atoms with Crippen molar-refractivity contribution in [2.45, 2.75) is 24.6 Å². The van der Waals surface area contributed by atoms with E-state index in [9.17, 15) is 9.50 Å². The van der Waals surface area contributed by atoms with Crippen molar-refractivity contribution in [2.24, 2.45) is 0 Å². The monoisotopic (exact) mass is 412 g/mol. The Labute approximate surface area is 173 Å². The minimum Gasteiger partial charge on any atom is -0.467 e. The van der Waals surface area contributed by atoms with E-state index in [1.807, 2.05) is 41.1 Å². The average molecular weight is 412 g/mol. The van der Waals surface area contributed by atoms with Gasteiger partial charge in [0, 0.05) is 37.0 Å². The maximum atomic E-state index is 14.7. The Morgan fingerprint density at radius 3 is 2.67 bits per heavy atom. The number of fused-ring (bicyclic) bond motifs is 1. The maximum Gasteiger partial charge on any atom is 0.320 e. The molecule has 0 aliphatic carbocycles. The number of methoxy groups -OCH3 is 1. The summed E-state index contributed by atoms with van der Waals surface area (Å²) < 4.78 is 21.8. The number of aromatic nitrogens is 4. The fourth-order valence-corrected chi connectivity index (χ4v) is 4.29. The molecule has 2 aliphatic rings. The van der Waals surface area contributed by atoms with Gasteiger partial charge in [-0.1, -0.05) is 12.1 Å². The topological polar surface area (TPSA) is 79.5 Å². The molecule has 158 valence electrons. The van der Waals surface area contributed by atoms with Crippen LogP contribution in [-0.2, 0) is 0 Å². The minimum atomic E-state index is -0.888. The third-order valence-corrected chi connectivity index (χ3v) is 6.03. The molecule has 2 aromatic heterocycles. The van der Waals surface area contributed by atoms with Crippen molar-refractivity contribution >= 4 is 16.7 Å². The summed E-state index contributed by atoms with van der Waals surface area (Å²) in [5, 5.41) is 15.1. The summed E-state index contributed by atoms with van der Waals surface area (Å²) >= 11 is 0. The largest absolute Gasteiger partial charge is 0.467 e. The van der Waals surface area contributed by atoms with Crippen molar-refractivity contribution in [3.8, 4) is 11.8 Å². The Hall–Kier alpha value is -2.78. The molecule has 2 fully saturated rings. The summed E-state index contributed by atoms with van der Waals surface area (Å²) in [6, 6.07) is 8.09. The van der Waals surface area contributed by atoms with E-state index in [1.165, 1.54) is 7.11 Å². The molecule has 9 heteroatoms. The van der Waals surface area contributed by atoms with Crippen LogP contribution in [0.4, 0.5) is 10.2 Å². The Balaban J connectivity index is 1.54. The highest BCUT2D eigenvalue weighted by atomic mass is 19.1. The number of halogens is 1. The summed E-state index contributed by atoms with van der Waals surface area (Å²) in [7, 11) is 3.48. The van der Waals surface area contributed by atoms with Crippen molar-refractivity contribution in [3.63, 3.8) is 0 Å². The van der Waals surface area contributed by atoms with E-state index in [-0.39, 0.29) is 18.0 Å². The first-order valence-corrected chi connectivity index (χ1v) is 10.2. The van der Waals surface area contributed by atoms with Crippen LogP contribution in [0.15, 0.2) is 30.5 Å². The number of alkyl halides is 1.